The Balaban J connectivity index is 1.92. The third kappa shape index (κ3) is 2.60. The Bertz CT molecular complexity index is 644. The standard InChI is InChI=1S/C16H18N2O/c1-10-3-6-15-13(7-10)8-14(11(2)18-15)16(19)17-9-12-4-5-12/h3,6-8,12H,4-5,9H2,1-2H3,(H,17,19). The summed E-state index contributed by atoms with van der Waals surface area (Å²) in [4.78, 5) is 16.7. The lowest BCUT2D eigenvalue weighted by atomic mass is 10.1. The molecule has 2 aromatic rings. The van der Waals surface area contributed by atoms with Crippen molar-refractivity contribution in [3.8, 4) is 0 Å². The minimum Gasteiger partial charge on any atom is -0.352 e. The molecule has 3 rings (SSSR count). The summed E-state index contributed by atoms with van der Waals surface area (Å²) >= 11 is 0. The molecule has 0 radical (unpaired) electrons. The van der Waals surface area contributed by atoms with E-state index in [1.54, 1.807) is 0 Å². The zero-order valence-electron chi connectivity index (χ0n) is 11.4. The average molecular weight is 254 g/mol. The van der Waals surface area contributed by atoms with E-state index >= 15 is 0 Å². The van der Waals surface area contributed by atoms with E-state index < -0.39 is 0 Å². The fourth-order valence-corrected chi connectivity index (χ4v) is 2.28. The van der Waals surface area contributed by atoms with Gasteiger partial charge in [-0.1, -0.05) is 11.6 Å². The van der Waals surface area contributed by atoms with Crippen LogP contribution in [-0.2, 0) is 0 Å². The molecule has 1 aliphatic carbocycles. The first-order chi connectivity index (χ1) is 9.13. The van der Waals surface area contributed by atoms with E-state index in [1.165, 1.54) is 18.4 Å². The molecule has 1 fully saturated rings. The van der Waals surface area contributed by atoms with Crippen LogP contribution >= 0.6 is 0 Å². The molecule has 1 saturated carbocycles. The predicted molar refractivity (Wildman–Crippen MR) is 76.3 cm³/mol. The smallest absolute Gasteiger partial charge is 0.253 e. The first-order valence-electron chi connectivity index (χ1n) is 6.80. The molecule has 0 atom stereocenters. The maximum absolute atomic E-state index is 12.2. The number of carbonyl (C=O) groups is 1. The quantitative estimate of drug-likeness (QED) is 0.915. The minimum absolute atomic E-state index is 0.000283. The van der Waals surface area contributed by atoms with Crippen LogP contribution in [0.4, 0.5) is 0 Å². The second-order valence-corrected chi connectivity index (χ2v) is 5.47. The summed E-state index contributed by atoms with van der Waals surface area (Å²) in [6, 6.07) is 8.07. The number of hydrogen-bond acceptors (Lipinski definition) is 2. The number of pyridine rings is 1. The molecule has 0 spiro atoms. The summed E-state index contributed by atoms with van der Waals surface area (Å²) in [6.07, 6.45) is 2.49. The van der Waals surface area contributed by atoms with Gasteiger partial charge in [0, 0.05) is 11.9 Å². The number of fused-ring (bicyclic) bond motifs is 1. The molecule has 0 aliphatic heterocycles. The van der Waals surface area contributed by atoms with Crippen molar-refractivity contribution in [2.75, 3.05) is 6.54 Å². The van der Waals surface area contributed by atoms with Crippen LogP contribution in [0.25, 0.3) is 10.9 Å². The molecule has 1 amide bonds. The van der Waals surface area contributed by atoms with Crippen LogP contribution in [0, 0.1) is 19.8 Å². The fraction of sp³-hybridized carbons (Fsp3) is 0.375. The summed E-state index contributed by atoms with van der Waals surface area (Å²) < 4.78 is 0. The average Bonchev–Trinajstić information content (AvgIpc) is 3.19. The summed E-state index contributed by atoms with van der Waals surface area (Å²) in [5, 5.41) is 4.03. The number of hydrogen-bond donors (Lipinski definition) is 1. The molecule has 0 unspecified atom stereocenters. The van der Waals surface area contributed by atoms with Crippen LogP contribution in [0.2, 0.25) is 0 Å². The van der Waals surface area contributed by atoms with Crippen molar-refractivity contribution >= 4 is 16.8 Å². The molecule has 1 N–H and O–H groups in total. The normalized spacial score (nSPS) is 14.6. The number of nitrogens with zero attached hydrogens (tertiary/aromatic N) is 1. The summed E-state index contributed by atoms with van der Waals surface area (Å²) in [6.45, 7) is 4.74. The Morgan fingerprint density at radius 2 is 2.11 bits per heavy atom. The summed E-state index contributed by atoms with van der Waals surface area (Å²) in [7, 11) is 0. The van der Waals surface area contributed by atoms with Gasteiger partial charge in [-0.15, -0.1) is 0 Å². The molecule has 1 heterocycles. The Morgan fingerprint density at radius 1 is 1.32 bits per heavy atom. The van der Waals surface area contributed by atoms with Crippen LogP contribution in [0.15, 0.2) is 24.3 Å². The summed E-state index contributed by atoms with van der Waals surface area (Å²) in [5.74, 6) is 0.695. The molecule has 98 valence electrons. The van der Waals surface area contributed by atoms with Gasteiger partial charge in [0.2, 0.25) is 0 Å². The monoisotopic (exact) mass is 254 g/mol. The van der Waals surface area contributed by atoms with Gasteiger partial charge >= 0.3 is 0 Å². The molecule has 3 nitrogen and oxygen atoms in total. The number of carbonyl (C=O) groups excluding carboxylic acids is 1. The third-order valence-corrected chi connectivity index (χ3v) is 3.65. The van der Waals surface area contributed by atoms with E-state index in [4.69, 9.17) is 0 Å². The van der Waals surface area contributed by atoms with Gasteiger partial charge in [0.15, 0.2) is 0 Å². The number of nitrogens with one attached hydrogen (secondary N) is 1. The number of rotatable bonds is 3. The summed E-state index contributed by atoms with van der Waals surface area (Å²) in [5.41, 5.74) is 3.62. The van der Waals surface area contributed by atoms with E-state index in [0.29, 0.717) is 11.5 Å². The van der Waals surface area contributed by atoms with Gasteiger partial charge in [0.1, 0.15) is 0 Å². The first kappa shape index (κ1) is 12.2. The van der Waals surface area contributed by atoms with Crippen molar-refractivity contribution in [2.24, 2.45) is 5.92 Å². The molecule has 19 heavy (non-hydrogen) atoms. The second kappa shape index (κ2) is 4.65. The maximum Gasteiger partial charge on any atom is 0.253 e. The van der Waals surface area contributed by atoms with Gasteiger partial charge in [-0.2, -0.15) is 0 Å². The molecule has 3 heteroatoms. The van der Waals surface area contributed by atoms with Gasteiger partial charge in [0.05, 0.1) is 16.8 Å². The Hall–Kier alpha value is -1.90. The second-order valence-electron chi connectivity index (χ2n) is 5.47. The largest absolute Gasteiger partial charge is 0.352 e. The van der Waals surface area contributed by atoms with Crippen LogP contribution in [-0.4, -0.2) is 17.4 Å². The van der Waals surface area contributed by atoms with Crippen molar-refractivity contribution < 1.29 is 4.79 Å². The number of benzene rings is 1. The topological polar surface area (TPSA) is 42.0 Å². The van der Waals surface area contributed by atoms with E-state index in [1.807, 2.05) is 32.0 Å². The highest BCUT2D eigenvalue weighted by molar-refractivity contribution is 5.98. The zero-order valence-corrected chi connectivity index (χ0v) is 11.4. The van der Waals surface area contributed by atoms with Gasteiger partial charge < -0.3 is 5.32 Å². The third-order valence-electron chi connectivity index (χ3n) is 3.65. The Labute approximate surface area is 113 Å². The highest BCUT2D eigenvalue weighted by atomic mass is 16.1. The van der Waals surface area contributed by atoms with Gasteiger partial charge in [-0.25, -0.2) is 0 Å². The van der Waals surface area contributed by atoms with Crippen LogP contribution < -0.4 is 5.32 Å². The van der Waals surface area contributed by atoms with Crippen molar-refractivity contribution in [1.29, 1.82) is 0 Å². The van der Waals surface area contributed by atoms with E-state index in [2.05, 4.69) is 16.4 Å². The van der Waals surface area contributed by atoms with E-state index in [0.717, 1.165) is 23.1 Å². The van der Waals surface area contributed by atoms with Crippen molar-refractivity contribution in [2.45, 2.75) is 26.7 Å². The van der Waals surface area contributed by atoms with E-state index in [-0.39, 0.29) is 5.91 Å². The fourth-order valence-electron chi connectivity index (χ4n) is 2.28. The maximum atomic E-state index is 12.2. The van der Waals surface area contributed by atoms with Gasteiger partial charge in [0.25, 0.3) is 5.91 Å². The highest BCUT2D eigenvalue weighted by Gasteiger charge is 2.22. The van der Waals surface area contributed by atoms with Crippen molar-refractivity contribution in [3.05, 3.63) is 41.1 Å². The van der Waals surface area contributed by atoms with Crippen LogP contribution in [0.3, 0.4) is 0 Å². The van der Waals surface area contributed by atoms with Crippen LogP contribution in [0.5, 0.6) is 0 Å². The van der Waals surface area contributed by atoms with Gasteiger partial charge in [-0.3, -0.25) is 9.78 Å². The Morgan fingerprint density at radius 3 is 2.84 bits per heavy atom. The van der Waals surface area contributed by atoms with Gasteiger partial charge in [-0.05, 0) is 50.8 Å². The molecule has 0 saturated heterocycles. The van der Waals surface area contributed by atoms with Crippen molar-refractivity contribution in [1.82, 2.24) is 10.3 Å². The highest BCUT2D eigenvalue weighted by Crippen LogP contribution is 2.27. The molecule has 1 aromatic heterocycles. The first-order valence-corrected chi connectivity index (χ1v) is 6.80. The number of aryl methyl sites for hydroxylation is 2. The predicted octanol–water partition coefficient (Wildman–Crippen LogP) is 2.99. The lowest BCUT2D eigenvalue weighted by Gasteiger charge is -2.08. The number of aromatic nitrogens is 1. The van der Waals surface area contributed by atoms with Crippen molar-refractivity contribution in [3.63, 3.8) is 0 Å². The van der Waals surface area contributed by atoms with E-state index in [9.17, 15) is 4.79 Å². The lowest BCUT2D eigenvalue weighted by Crippen LogP contribution is -2.26. The zero-order chi connectivity index (χ0) is 13.4. The SMILES string of the molecule is Cc1ccc2nc(C)c(C(=O)NCC3CC3)cc2c1. The lowest BCUT2D eigenvalue weighted by molar-refractivity contribution is 0.0951. The minimum atomic E-state index is 0.000283. The molecule has 1 aromatic carbocycles. The Kier molecular flexibility index (Phi) is 2.97. The number of amides is 1. The molecule has 1 aliphatic rings. The van der Waals surface area contributed by atoms with Crippen LogP contribution in [0.1, 0.15) is 34.5 Å². The molecule has 0 bridgehead atoms. The molecular weight excluding hydrogens is 236 g/mol. The molecular formula is C16H18N2O.